The fraction of sp³-hybridized carbons (Fsp3) is 0.400. The van der Waals surface area contributed by atoms with Crippen molar-refractivity contribution < 1.29 is 38.7 Å². The molecule has 0 saturated carbocycles. The predicted molar refractivity (Wildman–Crippen MR) is 99.9 cm³/mol. The van der Waals surface area contributed by atoms with Crippen LogP contribution in [0.4, 0.5) is 8.78 Å². The highest BCUT2D eigenvalue weighted by Gasteiger charge is 2.44. The minimum atomic E-state index is -1.53. The molecule has 1 aliphatic heterocycles. The molecule has 0 aliphatic carbocycles. The minimum absolute atomic E-state index is 0.0448. The van der Waals surface area contributed by atoms with Crippen molar-refractivity contribution in [1.29, 1.82) is 0 Å². The van der Waals surface area contributed by atoms with Gasteiger partial charge in [-0.1, -0.05) is 23.7 Å². The quantitative estimate of drug-likeness (QED) is 0.576. The summed E-state index contributed by atoms with van der Waals surface area (Å²) < 4.78 is 38.5. The van der Waals surface area contributed by atoms with E-state index in [4.69, 9.17) is 21.1 Å². The van der Waals surface area contributed by atoms with Crippen molar-refractivity contribution in [2.45, 2.75) is 36.9 Å². The van der Waals surface area contributed by atoms with Gasteiger partial charge in [-0.15, -0.1) is 0 Å². The highest BCUT2D eigenvalue weighted by molar-refractivity contribution is 6.31. The lowest BCUT2D eigenvalue weighted by Gasteiger charge is -2.40. The lowest BCUT2D eigenvalue weighted by atomic mass is 9.90. The Morgan fingerprint density at radius 1 is 1.00 bits per heavy atom. The zero-order valence-corrected chi connectivity index (χ0v) is 16.2. The Balaban J connectivity index is 1.92. The van der Waals surface area contributed by atoms with Crippen molar-refractivity contribution in [3.05, 3.63) is 63.7 Å². The molecule has 1 aliphatic rings. The standard InChI is InChI=1S/C20H21ClF2O6/c1-28-15-7-13(22)11(6-14(15)23)5-10-4-9(2-3-12(10)21)20-19(27)18(26)17(25)16(8-24)29-20/h2-4,6-7,16-20,24-27H,5,8H2,1H3/t16-,17-,18+,19-,20+/m1/s1. The second-order valence-electron chi connectivity index (χ2n) is 6.86. The molecule has 4 N–H and O–H groups in total. The molecule has 2 aromatic rings. The molecule has 6 nitrogen and oxygen atoms in total. The van der Waals surface area contributed by atoms with Gasteiger partial charge in [0.1, 0.15) is 36.3 Å². The van der Waals surface area contributed by atoms with E-state index in [1.165, 1.54) is 19.2 Å². The first kappa shape index (κ1) is 21.9. The zero-order chi connectivity index (χ0) is 21.3. The Bertz CT molecular complexity index is 878. The third-order valence-electron chi connectivity index (χ3n) is 4.99. The highest BCUT2D eigenvalue weighted by atomic mass is 35.5. The summed E-state index contributed by atoms with van der Waals surface area (Å²) in [4.78, 5) is 0. The lowest BCUT2D eigenvalue weighted by molar-refractivity contribution is -0.231. The third-order valence-corrected chi connectivity index (χ3v) is 5.36. The van der Waals surface area contributed by atoms with Gasteiger partial charge in [-0.2, -0.15) is 0 Å². The number of rotatable bonds is 5. The lowest BCUT2D eigenvalue weighted by Crippen LogP contribution is -2.55. The molecule has 3 rings (SSSR count). The summed E-state index contributed by atoms with van der Waals surface area (Å²) >= 11 is 6.21. The first-order valence-corrected chi connectivity index (χ1v) is 9.25. The number of aliphatic hydroxyl groups excluding tert-OH is 4. The van der Waals surface area contributed by atoms with Gasteiger partial charge >= 0.3 is 0 Å². The number of hydrogen-bond acceptors (Lipinski definition) is 6. The van der Waals surface area contributed by atoms with Gasteiger partial charge in [-0.05, 0) is 28.8 Å². The summed E-state index contributed by atoms with van der Waals surface area (Å²) in [6, 6.07) is 6.55. The fourth-order valence-electron chi connectivity index (χ4n) is 3.35. The van der Waals surface area contributed by atoms with Crippen molar-refractivity contribution in [3.8, 4) is 5.75 Å². The van der Waals surface area contributed by atoms with Crippen LogP contribution in [0, 0.1) is 11.6 Å². The second-order valence-corrected chi connectivity index (χ2v) is 7.26. The second kappa shape index (κ2) is 8.91. The van der Waals surface area contributed by atoms with Crippen molar-refractivity contribution in [1.82, 2.24) is 0 Å². The van der Waals surface area contributed by atoms with E-state index >= 15 is 0 Å². The summed E-state index contributed by atoms with van der Waals surface area (Å²) in [5.41, 5.74) is 0.886. The van der Waals surface area contributed by atoms with Gasteiger partial charge < -0.3 is 29.9 Å². The molecule has 0 aromatic heterocycles. The van der Waals surface area contributed by atoms with Gasteiger partial charge in [0.25, 0.3) is 0 Å². The number of methoxy groups -OCH3 is 1. The first-order chi connectivity index (χ1) is 13.8. The smallest absolute Gasteiger partial charge is 0.165 e. The summed E-state index contributed by atoms with van der Waals surface area (Å²) in [5, 5.41) is 39.8. The average Bonchev–Trinajstić information content (AvgIpc) is 2.70. The van der Waals surface area contributed by atoms with Gasteiger partial charge in [-0.3, -0.25) is 0 Å². The van der Waals surface area contributed by atoms with Gasteiger partial charge in [-0.25, -0.2) is 8.78 Å². The Morgan fingerprint density at radius 3 is 2.38 bits per heavy atom. The van der Waals surface area contributed by atoms with Crippen LogP contribution in [0.1, 0.15) is 22.8 Å². The van der Waals surface area contributed by atoms with Crippen molar-refractivity contribution >= 4 is 11.6 Å². The maximum atomic E-state index is 14.3. The van der Waals surface area contributed by atoms with Gasteiger partial charge in [0, 0.05) is 17.5 Å². The normalized spacial score (nSPS) is 27.1. The monoisotopic (exact) mass is 430 g/mol. The van der Waals surface area contributed by atoms with Gasteiger partial charge in [0.15, 0.2) is 11.6 Å². The van der Waals surface area contributed by atoms with E-state index in [0.29, 0.717) is 11.1 Å². The Morgan fingerprint density at radius 2 is 1.72 bits per heavy atom. The maximum absolute atomic E-state index is 14.3. The molecule has 2 aromatic carbocycles. The molecule has 0 radical (unpaired) electrons. The van der Waals surface area contributed by atoms with Crippen molar-refractivity contribution in [2.75, 3.05) is 13.7 Å². The van der Waals surface area contributed by atoms with E-state index in [9.17, 15) is 29.2 Å². The SMILES string of the molecule is COc1cc(F)c(Cc2cc([C@@H]3O[C@H](CO)[C@@H](O)[C@H](O)[C@H]3O)ccc2Cl)cc1F. The Kier molecular flexibility index (Phi) is 6.72. The van der Waals surface area contributed by atoms with E-state index in [0.717, 1.165) is 12.1 Å². The van der Waals surface area contributed by atoms with E-state index in [-0.39, 0.29) is 22.8 Å². The van der Waals surface area contributed by atoms with Crippen LogP contribution in [-0.2, 0) is 11.2 Å². The van der Waals surface area contributed by atoms with Crippen LogP contribution < -0.4 is 4.74 Å². The van der Waals surface area contributed by atoms with Crippen LogP contribution in [0.2, 0.25) is 5.02 Å². The third kappa shape index (κ3) is 4.37. The summed E-state index contributed by atoms with van der Waals surface area (Å²) in [5.74, 6) is -1.60. The van der Waals surface area contributed by atoms with Crippen LogP contribution in [0.25, 0.3) is 0 Å². The average molecular weight is 431 g/mol. The van der Waals surface area contributed by atoms with E-state index in [1.807, 2.05) is 0 Å². The number of halogens is 3. The highest BCUT2D eigenvalue weighted by Crippen LogP contribution is 2.35. The van der Waals surface area contributed by atoms with E-state index < -0.39 is 48.8 Å². The van der Waals surface area contributed by atoms with Crippen LogP contribution in [0.3, 0.4) is 0 Å². The Labute approximate surface area is 170 Å². The molecule has 158 valence electrons. The fourth-order valence-corrected chi connectivity index (χ4v) is 3.54. The predicted octanol–water partition coefficient (Wildman–Crippen LogP) is 1.73. The molecule has 0 bridgehead atoms. The number of ether oxygens (including phenoxy) is 2. The van der Waals surface area contributed by atoms with Crippen molar-refractivity contribution in [3.63, 3.8) is 0 Å². The summed E-state index contributed by atoms with van der Waals surface area (Å²) in [6.45, 7) is -0.557. The first-order valence-electron chi connectivity index (χ1n) is 8.87. The number of benzene rings is 2. The van der Waals surface area contributed by atoms with Crippen LogP contribution in [0.15, 0.2) is 30.3 Å². The molecule has 1 saturated heterocycles. The van der Waals surface area contributed by atoms with Crippen molar-refractivity contribution in [2.24, 2.45) is 0 Å². The molecule has 1 fully saturated rings. The molecule has 9 heteroatoms. The van der Waals surface area contributed by atoms with E-state index in [1.54, 1.807) is 6.07 Å². The van der Waals surface area contributed by atoms with Crippen LogP contribution >= 0.6 is 11.6 Å². The molecular weight excluding hydrogens is 410 g/mol. The number of hydrogen-bond donors (Lipinski definition) is 4. The van der Waals surface area contributed by atoms with Gasteiger partial charge in [0.2, 0.25) is 0 Å². The Hall–Kier alpha value is -1.81. The summed E-state index contributed by atoms with van der Waals surface area (Å²) in [7, 11) is 1.23. The molecule has 29 heavy (non-hydrogen) atoms. The zero-order valence-electron chi connectivity index (χ0n) is 15.4. The molecule has 0 amide bonds. The molecule has 0 spiro atoms. The molecule has 1 heterocycles. The molecule has 5 atom stereocenters. The van der Waals surface area contributed by atoms with Crippen LogP contribution in [0.5, 0.6) is 5.75 Å². The van der Waals surface area contributed by atoms with Crippen LogP contribution in [-0.4, -0.2) is 58.6 Å². The maximum Gasteiger partial charge on any atom is 0.165 e. The van der Waals surface area contributed by atoms with E-state index in [2.05, 4.69) is 0 Å². The molecule has 0 unspecified atom stereocenters. The molecular formula is C20H21ClF2O6. The van der Waals surface area contributed by atoms with Gasteiger partial charge in [0.05, 0.1) is 13.7 Å². The topological polar surface area (TPSA) is 99.4 Å². The summed E-state index contributed by atoms with van der Waals surface area (Å²) in [6.07, 6.45) is -6.63. The largest absolute Gasteiger partial charge is 0.494 e. The minimum Gasteiger partial charge on any atom is -0.494 e. The number of aliphatic hydroxyl groups is 4.